The van der Waals surface area contributed by atoms with E-state index in [1.807, 2.05) is 13.0 Å². The van der Waals surface area contributed by atoms with E-state index in [1.54, 1.807) is 26.0 Å². The minimum Gasteiger partial charge on any atom is -0.394 e. The monoisotopic (exact) mass is 314 g/mol. The molecule has 118 valence electrons. The number of rotatable bonds is 7. The van der Waals surface area contributed by atoms with E-state index in [4.69, 9.17) is 5.11 Å². The van der Waals surface area contributed by atoms with Crippen LogP contribution < -0.4 is 10.0 Å². The first kappa shape index (κ1) is 17.6. The highest BCUT2D eigenvalue weighted by Gasteiger charge is 2.17. The number of hydrogen-bond acceptors (Lipinski definition) is 4. The maximum atomic E-state index is 12.2. The minimum atomic E-state index is -3.62. The summed E-state index contributed by atoms with van der Waals surface area (Å²) in [4.78, 5) is 11.7. The zero-order valence-electron chi connectivity index (χ0n) is 12.5. The summed E-state index contributed by atoms with van der Waals surface area (Å²) >= 11 is 0. The molecule has 0 aliphatic carbocycles. The number of nitrogens with one attached hydrogen (secondary N) is 2. The molecule has 1 unspecified atom stereocenters. The van der Waals surface area contributed by atoms with Crippen molar-refractivity contribution < 1.29 is 18.3 Å². The lowest BCUT2D eigenvalue weighted by Crippen LogP contribution is -2.37. The first-order valence-corrected chi connectivity index (χ1v) is 8.21. The van der Waals surface area contributed by atoms with Crippen LogP contribution in [0.2, 0.25) is 0 Å². The van der Waals surface area contributed by atoms with Gasteiger partial charge in [0.25, 0.3) is 0 Å². The third-order valence-corrected chi connectivity index (χ3v) is 4.56. The van der Waals surface area contributed by atoms with E-state index in [-0.39, 0.29) is 36.4 Å². The van der Waals surface area contributed by atoms with Crippen LogP contribution >= 0.6 is 0 Å². The number of sulfonamides is 1. The van der Waals surface area contributed by atoms with Gasteiger partial charge in [0.15, 0.2) is 0 Å². The van der Waals surface area contributed by atoms with Gasteiger partial charge in [0.05, 0.1) is 11.5 Å². The lowest BCUT2D eigenvalue weighted by atomic mass is 10.2. The molecule has 1 aromatic carbocycles. The first-order valence-electron chi connectivity index (χ1n) is 6.73. The molecule has 6 nitrogen and oxygen atoms in total. The smallest absolute Gasteiger partial charge is 0.240 e. The molecule has 21 heavy (non-hydrogen) atoms. The van der Waals surface area contributed by atoms with Crippen molar-refractivity contribution in [3.05, 3.63) is 29.3 Å². The van der Waals surface area contributed by atoms with Crippen LogP contribution in [0, 0.1) is 13.8 Å². The Labute approximate surface area is 125 Å². The molecule has 1 rings (SSSR count). The van der Waals surface area contributed by atoms with Gasteiger partial charge in [-0.25, -0.2) is 13.1 Å². The largest absolute Gasteiger partial charge is 0.394 e. The molecule has 1 aromatic rings. The van der Waals surface area contributed by atoms with Crippen LogP contribution in [-0.4, -0.2) is 38.6 Å². The molecule has 0 radical (unpaired) electrons. The highest BCUT2D eigenvalue weighted by Crippen LogP contribution is 2.16. The van der Waals surface area contributed by atoms with Crippen LogP contribution in [0.5, 0.6) is 0 Å². The van der Waals surface area contributed by atoms with Crippen molar-refractivity contribution in [2.24, 2.45) is 0 Å². The normalized spacial score (nSPS) is 13.0. The zero-order valence-corrected chi connectivity index (χ0v) is 13.3. The fraction of sp³-hybridized carbons (Fsp3) is 0.500. The lowest BCUT2D eigenvalue weighted by Gasteiger charge is -2.12. The molecule has 1 amide bonds. The molecule has 0 bridgehead atoms. The molecule has 1 atom stereocenters. The SMILES string of the molecule is Cc1ccc(C)c(S(=O)(=O)NCCC(=O)NC(C)CO)c1. The van der Waals surface area contributed by atoms with Crippen molar-refractivity contribution in [3.8, 4) is 0 Å². The highest BCUT2D eigenvalue weighted by atomic mass is 32.2. The average Bonchev–Trinajstić information content (AvgIpc) is 2.40. The Balaban J connectivity index is 2.62. The standard InChI is InChI=1S/C14H22N2O4S/c1-10-4-5-11(2)13(8-10)21(19,20)15-7-6-14(18)16-12(3)9-17/h4-5,8,12,15,17H,6-7,9H2,1-3H3,(H,16,18). The molecule has 0 aromatic heterocycles. The van der Waals surface area contributed by atoms with E-state index >= 15 is 0 Å². The van der Waals surface area contributed by atoms with Gasteiger partial charge >= 0.3 is 0 Å². The van der Waals surface area contributed by atoms with Gasteiger partial charge in [-0.3, -0.25) is 4.79 Å². The summed E-state index contributed by atoms with van der Waals surface area (Å²) in [6.07, 6.45) is 0.0223. The van der Waals surface area contributed by atoms with Gasteiger partial charge in [0.1, 0.15) is 0 Å². The molecular formula is C14H22N2O4S. The Bertz CT molecular complexity index is 599. The quantitative estimate of drug-likeness (QED) is 0.682. The Morgan fingerprint density at radius 1 is 1.33 bits per heavy atom. The molecule has 0 aliphatic heterocycles. The Hall–Kier alpha value is -1.44. The second-order valence-corrected chi connectivity index (χ2v) is 6.80. The number of hydrogen-bond donors (Lipinski definition) is 3. The van der Waals surface area contributed by atoms with Crippen LogP contribution in [-0.2, 0) is 14.8 Å². The van der Waals surface area contributed by atoms with Gasteiger partial charge in [-0.15, -0.1) is 0 Å². The summed E-state index contributed by atoms with van der Waals surface area (Å²) in [6, 6.07) is 4.86. The molecule has 0 fully saturated rings. The van der Waals surface area contributed by atoms with E-state index in [0.29, 0.717) is 5.56 Å². The number of benzene rings is 1. The third-order valence-electron chi connectivity index (χ3n) is 2.96. The van der Waals surface area contributed by atoms with Crippen LogP contribution in [0.4, 0.5) is 0 Å². The predicted molar refractivity (Wildman–Crippen MR) is 80.4 cm³/mol. The van der Waals surface area contributed by atoms with Crippen molar-refractivity contribution in [3.63, 3.8) is 0 Å². The van der Waals surface area contributed by atoms with Gasteiger partial charge in [0.2, 0.25) is 15.9 Å². The van der Waals surface area contributed by atoms with Gasteiger partial charge in [0, 0.05) is 19.0 Å². The Kier molecular flexibility index (Phi) is 6.32. The molecule has 3 N–H and O–H groups in total. The van der Waals surface area contributed by atoms with Crippen LogP contribution in [0.3, 0.4) is 0 Å². The van der Waals surface area contributed by atoms with Crippen LogP contribution in [0.1, 0.15) is 24.5 Å². The van der Waals surface area contributed by atoms with E-state index in [2.05, 4.69) is 10.0 Å². The molecule has 0 spiro atoms. The van der Waals surface area contributed by atoms with Crippen molar-refractivity contribution in [2.75, 3.05) is 13.2 Å². The average molecular weight is 314 g/mol. The number of aliphatic hydroxyl groups is 1. The number of carbonyl (C=O) groups is 1. The molecule has 0 saturated carbocycles. The van der Waals surface area contributed by atoms with Gasteiger partial charge < -0.3 is 10.4 Å². The molecular weight excluding hydrogens is 292 g/mol. The number of amides is 1. The zero-order chi connectivity index (χ0) is 16.0. The summed E-state index contributed by atoms with van der Waals surface area (Å²) in [5.74, 6) is -0.305. The minimum absolute atomic E-state index is 0.0136. The van der Waals surface area contributed by atoms with E-state index in [9.17, 15) is 13.2 Å². The summed E-state index contributed by atoms with van der Waals surface area (Å²) in [6.45, 7) is 5.07. The number of aliphatic hydroxyl groups excluding tert-OH is 1. The Morgan fingerprint density at radius 3 is 2.62 bits per heavy atom. The van der Waals surface area contributed by atoms with Gasteiger partial charge in [-0.05, 0) is 38.0 Å². The van der Waals surface area contributed by atoms with E-state index in [1.165, 1.54) is 0 Å². The molecule has 0 aliphatic rings. The second-order valence-electron chi connectivity index (χ2n) is 5.07. The highest BCUT2D eigenvalue weighted by molar-refractivity contribution is 7.89. The van der Waals surface area contributed by atoms with Crippen molar-refractivity contribution in [1.29, 1.82) is 0 Å². The topological polar surface area (TPSA) is 95.5 Å². The van der Waals surface area contributed by atoms with Gasteiger partial charge in [-0.1, -0.05) is 12.1 Å². The van der Waals surface area contributed by atoms with Crippen LogP contribution in [0.25, 0.3) is 0 Å². The number of aryl methyl sites for hydroxylation is 2. The Morgan fingerprint density at radius 2 is 2.00 bits per heavy atom. The van der Waals surface area contributed by atoms with E-state index < -0.39 is 10.0 Å². The molecule has 0 heterocycles. The predicted octanol–water partition coefficient (Wildman–Crippen LogP) is 0.469. The maximum Gasteiger partial charge on any atom is 0.240 e. The van der Waals surface area contributed by atoms with Crippen molar-refractivity contribution in [2.45, 2.75) is 38.1 Å². The van der Waals surface area contributed by atoms with Gasteiger partial charge in [-0.2, -0.15) is 0 Å². The molecule has 0 saturated heterocycles. The maximum absolute atomic E-state index is 12.2. The summed E-state index contributed by atoms with van der Waals surface area (Å²) in [7, 11) is -3.62. The first-order chi connectivity index (χ1) is 9.76. The van der Waals surface area contributed by atoms with Crippen LogP contribution in [0.15, 0.2) is 23.1 Å². The summed E-state index contributed by atoms with van der Waals surface area (Å²) in [5, 5.41) is 11.4. The summed E-state index contributed by atoms with van der Waals surface area (Å²) in [5.41, 5.74) is 1.52. The fourth-order valence-corrected chi connectivity index (χ4v) is 3.13. The molecule has 7 heteroatoms. The van der Waals surface area contributed by atoms with E-state index in [0.717, 1.165) is 5.56 Å². The fourth-order valence-electron chi connectivity index (χ4n) is 1.77. The van der Waals surface area contributed by atoms with Crippen molar-refractivity contribution in [1.82, 2.24) is 10.0 Å². The second kappa shape index (κ2) is 7.53. The van der Waals surface area contributed by atoms with Crippen molar-refractivity contribution >= 4 is 15.9 Å². The summed E-state index contributed by atoms with van der Waals surface area (Å²) < 4.78 is 26.8. The number of carbonyl (C=O) groups excluding carboxylic acids is 1. The third kappa shape index (κ3) is 5.45. The lowest BCUT2D eigenvalue weighted by molar-refractivity contribution is -0.121.